The second-order valence-electron chi connectivity index (χ2n) is 4.95. The summed E-state index contributed by atoms with van der Waals surface area (Å²) in [6.07, 6.45) is 2.47. The number of rotatable bonds is 2. The highest BCUT2D eigenvalue weighted by Gasteiger charge is 2.28. The lowest BCUT2D eigenvalue weighted by Crippen LogP contribution is -2.45. The van der Waals surface area contributed by atoms with Crippen LogP contribution in [-0.2, 0) is 0 Å². The topological polar surface area (TPSA) is 79.2 Å². The number of nitrogens with one attached hydrogen (secondary N) is 1. The number of nitrogens with zero attached hydrogens (tertiary/aromatic N) is 1. The van der Waals surface area contributed by atoms with E-state index < -0.39 is 0 Å². The number of aromatic amines is 1. The molecule has 3 N–H and O–H groups in total. The van der Waals surface area contributed by atoms with Gasteiger partial charge in [-0.1, -0.05) is 6.92 Å². The van der Waals surface area contributed by atoms with E-state index in [0.29, 0.717) is 30.5 Å². The second-order valence-corrected chi connectivity index (χ2v) is 4.95. The third-order valence-corrected chi connectivity index (χ3v) is 3.73. The number of nitrogens with two attached hydrogens (primary N) is 1. The van der Waals surface area contributed by atoms with Gasteiger partial charge >= 0.3 is 0 Å². The van der Waals surface area contributed by atoms with Crippen LogP contribution in [0, 0.1) is 11.8 Å². The summed E-state index contributed by atoms with van der Waals surface area (Å²) < 4.78 is 0. The number of aromatic nitrogens is 1. The summed E-state index contributed by atoms with van der Waals surface area (Å²) in [6.45, 7) is 4.19. The van der Waals surface area contributed by atoms with E-state index in [0.717, 1.165) is 13.0 Å². The maximum Gasteiger partial charge on any atom is 0.254 e. The van der Waals surface area contributed by atoms with Crippen molar-refractivity contribution in [2.75, 3.05) is 19.6 Å². The van der Waals surface area contributed by atoms with Crippen LogP contribution in [-0.4, -0.2) is 35.4 Å². The van der Waals surface area contributed by atoms with Crippen LogP contribution >= 0.6 is 0 Å². The minimum absolute atomic E-state index is 0.0774. The maximum absolute atomic E-state index is 12.3. The minimum atomic E-state index is -0.249. The zero-order valence-electron chi connectivity index (χ0n) is 10.6. The molecule has 0 saturated carbocycles. The second kappa shape index (κ2) is 5.35. The highest BCUT2D eigenvalue weighted by Crippen LogP contribution is 2.23. The van der Waals surface area contributed by atoms with Crippen molar-refractivity contribution in [3.05, 3.63) is 34.2 Å². The molecule has 2 unspecified atom stereocenters. The Morgan fingerprint density at radius 2 is 2.39 bits per heavy atom. The van der Waals surface area contributed by atoms with Crippen LogP contribution in [0.3, 0.4) is 0 Å². The molecule has 1 aliphatic rings. The Balaban J connectivity index is 2.12. The summed E-state index contributed by atoms with van der Waals surface area (Å²) >= 11 is 0. The molecular weight excluding hydrogens is 230 g/mol. The Morgan fingerprint density at radius 3 is 3.06 bits per heavy atom. The largest absolute Gasteiger partial charge is 0.338 e. The predicted molar refractivity (Wildman–Crippen MR) is 69.3 cm³/mol. The smallest absolute Gasteiger partial charge is 0.254 e. The van der Waals surface area contributed by atoms with E-state index in [-0.39, 0.29) is 11.5 Å². The summed E-state index contributed by atoms with van der Waals surface area (Å²) in [5, 5.41) is 0. The van der Waals surface area contributed by atoms with Crippen molar-refractivity contribution in [2.24, 2.45) is 17.6 Å². The van der Waals surface area contributed by atoms with Gasteiger partial charge in [0.05, 0.1) is 0 Å². The number of hydrogen-bond donors (Lipinski definition) is 2. The maximum atomic E-state index is 12.3. The fourth-order valence-corrected chi connectivity index (χ4v) is 2.40. The van der Waals surface area contributed by atoms with E-state index >= 15 is 0 Å². The van der Waals surface area contributed by atoms with Crippen LogP contribution in [0.15, 0.2) is 23.1 Å². The van der Waals surface area contributed by atoms with Gasteiger partial charge in [-0.25, -0.2) is 0 Å². The Kier molecular flexibility index (Phi) is 3.81. The number of H-pyrrole nitrogens is 1. The van der Waals surface area contributed by atoms with E-state index in [1.54, 1.807) is 11.0 Å². The van der Waals surface area contributed by atoms with Crippen LogP contribution in [0.4, 0.5) is 0 Å². The zero-order chi connectivity index (χ0) is 13.1. The molecule has 2 rings (SSSR count). The lowest BCUT2D eigenvalue weighted by atomic mass is 9.87. The van der Waals surface area contributed by atoms with Crippen molar-refractivity contribution in [1.82, 2.24) is 9.88 Å². The number of carbonyl (C=O) groups is 1. The van der Waals surface area contributed by atoms with Gasteiger partial charge in [0.15, 0.2) is 0 Å². The van der Waals surface area contributed by atoms with Gasteiger partial charge in [-0.15, -0.1) is 0 Å². The molecule has 0 aliphatic carbocycles. The molecule has 18 heavy (non-hydrogen) atoms. The minimum Gasteiger partial charge on any atom is -0.338 e. The number of hydrogen-bond acceptors (Lipinski definition) is 3. The third kappa shape index (κ3) is 2.61. The lowest BCUT2D eigenvalue weighted by Gasteiger charge is -2.36. The van der Waals surface area contributed by atoms with Crippen LogP contribution in [0.2, 0.25) is 0 Å². The average Bonchev–Trinajstić information content (AvgIpc) is 2.38. The van der Waals surface area contributed by atoms with E-state index in [9.17, 15) is 9.59 Å². The first-order chi connectivity index (χ1) is 8.61. The number of carbonyl (C=O) groups excluding carboxylic acids is 1. The molecule has 0 aromatic carbocycles. The Morgan fingerprint density at radius 1 is 1.61 bits per heavy atom. The Labute approximate surface area is 106 Å². The van der Waals surface area contributed by atoms with Crippen LogP contribution in [0.1, 0.15) is 23.7 Å². The van der Waals surface area contributed by atoms with Crippen molar-refractivity contribution in [2.45, 2.75) is 13.3 Å². The molecule has 5 heteroatoms. The number of piperidine rings is 1. The molecule has 0 radical (unpaired) electrons. The molecule has 98 valence electrons. The first-order valence-electron chi connectivity index (χ1n) is 6.30. The summed E-state index contributed by atoms with van der Waals surface area (Å²) in [4.78, 5) is 27.8. The SMILES string of the molecule is CC1CCN(C(=O)c2cc[nH]c(=O)c2)CC1CN. The van der Waals surface area contributed by atoms with Crippen molar-refractivity contribution in [1.29, 1.82) is 0 Å². The van der Waals surface area contributed by atoms with Crippen molar-refractivity contribution >= 4 is 5.91 Å². The molecule has 2 atom stereocenters. The molecule has 1 fully saturated rings. The van der Waals surface area contributed by atoms with Gasteiger partial charge in [0.25, 0.3) is 5.91 Å². The summed E-state index contributed by atoms with van der Waals surface area (Å²) in [5.41, 5.74) is 5.93. The average molecular weight is 249 g/mol. The first kappa shape index (κ1) is 12.8. The van der Waals surface area contributed by atoms with Gasteiger partial charge in [0, 0.05) is 30.9 Å². The molecule has 1 aromatic rings. The van der Waals surface area contributed by atoms with Crippen molar-refractivity contribution in [3.63, 3.8) is 0 Å². The molecule has 1 aromatic heterocycles. The summed E-state index contributed by atoms with van der Waals surface area (Å²) in [5.74, 6) is 0.828. The van der Waals surface area contributed by atoms with Gasteiger partial charge < -0.3 is 15.6 Å². The molecule has 5 nitrogen and oxygen atoms in total. The lowest BCUT2D eigenvalue weighted by molar-refractivity contribution is 0.0618. The van der Waals surface area contributed by atoms with Crippen molar-refractivity contribution in [3.8, 4) is 0 Å². The van der Waals surface area contributed by atoms with Crippen LogP contribution in [0.5, 0.6) is 0 Å². The highest BCUT2D eigenvalue weighted by molar-refractivity contribution is 5.94. The molecule has 1 aliphatic heterocycles. The molecule has 1 saturated heterocycles. The molecule has 0 bridgehead atoms. The molecule has 1 amide bonds. The van der Waals surface area contributed by atoms with Gasteiger partial charge in [-0.3, -0.25) is 9.59 Å². The Bertz CT molecular complexity index is 483. The molecular formula is C13H19N3O2. The zero-order valence-corrected chi connectivity index (χ0v) is 10.6. The monoisotopic (exact) mass is 249 g/mol. The van der Waals surface area contributed by atoms with Gasteiger partial charge in [-0.2, -0.15) is 0 Å². The number of amides is 1. The quantitative estimate of drug-likeness (QED) is 0.797. The summed E-state index contributed by atoms with van der Waals surface area (Å²) in [6, 6.07) is 2.98. The first-order valence-corrected chi connectivity index (χ1v) is 6.30. The van der Waals surface area contributed by atoms with E-state index in [2.05, 4.69) is 11.9 Å². The number of likely N-dealkylation sites (tertiary alicyclic amines) is 1. The standard InChI is InChI=1S/C13H19N3O2/c1-9-3-5-16(8-11(9)7-14)13(18)10-2-4-15-12(17)6-10/h2,4,6,9,11H,3,5,7-8,14H2,1H3,(H,15,17). The van der Waals surface area contributed by atoms with Crippen molar-refractivity contribution < 1.29 is 4.79 Å². The fraction of sp³-hybridized carbons (Fsp3) is 0.538. The fourth-order valence-electron chi connectivity index (χ4n) is 2.40. The third-order valence-electron chi connectivity index (χ3n) is 3.73. The van der Waals surface area contributed by atoms with Crippen LogP contribution in [0.25, 0.3) is 0 Å². The van der Waals surface area contributed by atoms with E-state index in [1.807, 2.05) is 0 Å². The molecule has 0 spiro atoms. The Hall–Kier alpha value is -1.62. The van der Waals surface area contributed by atoms with Gasteiger partial charge in [-0.05, 0) is 30.9 Å². The predicted octanol–water partition coefficient (Wildman–Crippen LogP) is 0.432. The van der Waals surface area contributed by atoms with Gasteiger partial charge in [0.2, 0.25) is 5.56 Å². The van der Waals surface area contributed by atoms with E-state index in [1.165, 1.54) is 12.3 Å². The highest BCUT2D eigenvalue weighted by atomic mass is 16.2. The summed E-state index contributed by atoms with van der Waals surface area (Å²) in [7, 11) is 0. The normalized spacial score (nSPS) is 24.0. The molecule has 2 heterocycles. The van der Waals surface area contributed by atoms with Gasteiger partial charge in [0.1, 0.15) is 0 Å². The van der Waals surface area contributed by atoms with E-state index in [4.69, 9.17) is 5.73 Å². The number of pyridine rings is 1. The van der Waals surface area contributed by atoms with Crippen LogP contribution < -0.4 is 11.3 Å².